The van der Waals surface area contributed by atoms with Gasteiger partial charge in [-0.05, 0) is 42.0 Å². The van der Waals surface area contributed by atoms with Crippen molar-refractivity contribution in [3.05, 3.63) is 95.0 Å². The lowest BCUT2D eigenvalue weighted by molar-refractivity contribution is -0.120. The van der Waals surface area contributed by atoms with Gasteiger partial charge in [0.15, 0.2) is 0 Å². The van der Waals surface area contributed by atoms with Crippen molar-refractivity contribution in [2.24, 2.45) is 0 Å². The molecule has 0 aliphatic rings. The van der Waals surface area contributed by atoms with Crippen LogP contribution in [0, 0.1) is 0 Å². The van der Waals surface area contributed by atoms with E-state index in [9.17, 15) is 14.4 Å². The number of hydrogen-bond donors (Lipinski definition) is 3. The van der Waals surface area contributed by atoms with Gasteiger partial charge in [0.1, 0.15) is 0 Å². The van der Waals surface area contributed by atoms with Gasteiger partial charge in [0.05, 0.1) is 23.8 Å². The van der Waals surface area contributed by atoms with Gasteiger partial charge in [0.2, 0.25) is 11.8 Å². The van der Waals surface area contributed by atoms with Crippen LogP contribution in [0.4, 0.5) is 11.4 Å². The molecule has 0 saturated carbocycles. The molecule has 31 heavy (non-hydrogen) atoms. The molecule has 0 aromatic heterocycles. The molecule has 1 unspecified atom stereocenters. The van der Waals surface area contributed by atoms with Crippen LogP contribution in [0.5, 0.6) is 0 Å². The van der Waals surface area contributed by atoms with Crippen molar-refractivity contribution in [3.63, 3.8) is 0 Å². The highest BCUT2D eigenvalue weighted by Gasteiger charge is 2.18. The Morgan fingerprint density at radius 3 is 2.00 bits per heavy atom. The monoisotopic (exact) mass is 435 g/mol. The molecule has 6 nitrogen and oxygen atoms in total. The minimum atomic E-state index is -0.463. The van der Waals surface area contributed by atoms with Crippen LogP contribution in [0.15, 0.2) is 78.9 Å². The maximum absolute atomic E-state index is 12.7. The van der Waals surface area contributed by atoms with E-state index in [-0.39, 0.29) is 24.1 Å². The molecule has 0 aliphatic heterocycles. The zero-order valence-electron chi connectivity index (χ0n) is 16.9. The van der Waals surface area contributed by atoms with E-state index in [2.05, 4.69) is 16.0 Å². The van der Waals surface area contributed by atoms with Gasteiger partial charge >= 0.3 is 0 Å². The van der Waals surface area contributed by atoms with Crippen molar-refractivity contribution in [3.8, 4) is 0 Å². The highest BCUT2D eigenvalue weighted by atomic mass is 35.5. The smallest absolute Gasteiger partial charge is 0.255 e. The number of para-hydroxylation sites is 2. The number of halogens is 1. The fourth-order valence-electron chi connectivity index (χ4n) is 3.07. The lowest BCUT2D eigenvalue weighted by Crippen LogP contribution is -2.30. The molecule has 3 rings (SSSR count). The molecule has 3 N–H and O–H groups in total. The summed E-state index contributed by atoms with van der Waals surface area (Å²) in [6, 6.07) is 22.3. The summed E-state index contributed by atoms with van der Waals surface area (Å²) in [5.74, 6) is -0.841. The molecule has 3 amide bonds. The van der Waals surface area contributed by atoms with E-state index in [4.69, 9.17) is 11.6 Å². The van der Waals surface area contributed by atoms with Gasteiger partial charge in [0, 0.05) is 17.5 Å². The highest BCUT2D eigenvalue weighted by molar-refractivity contribution is 6.30. The largest absolute Gasteiger partial charge is 0.349 e. The Morgan fingerprint density at radius 2 is 1.39 bits per heavy atom. The number of benzene rings is 3. The van der Waals surface area contributed by atoms with E-state index in [1.807, 2.05) is 30.3 Å². The van der Waals surface area contributed by atoms with Gasteiger partial charge in [0.25, 0.3) is 5.91 Å². The molecule has 3 aromatic rings. The number of rotatable bonds is 7. The van der Waals surface area contributed by atoms with Gasteiger partial charge in [-0.15, -0.1) is 0 Å². The molecule has 158 valence electrons. The highest BCUT2D eigenvalue weighted by Crippen LogP contribution is 2.24. The Bertz CT molecular complexity index is 1070. The lowest BCUT2D eigenvalue weighted by Gasteiger charge is -2.19. The van der Waals surface area contributed by atoms with Crippen molar-refractivity contribution < 1.29 is 14.4 Å². The van der Waals surface area contributed by atoms with Crippen LogP contribution in [-0.4, -0.2) is 17.7 Å². The first kappa shape index (κ1) is 22.1. The molecule has 0 spiro atoms. The number of carbonyl (C=O) groups excluding carboxylic acids is 3. The molecule has 1 atom stereocenters. The standard InChI is InChI=1S/C24H22ClN3O3/c1-16(29)26-22(17-7-3-2-4-8-17)15-23(30)27-20-9-5-6-10-21(20)28-24(31)18-11-13-19(25)14-12-18/h2-14,22H,15H2,1H3,(H,26,29)(H,27,30)(H,28,31). The predicted molar refractivity (Wildman–Crippen MR) is 122 cm³/mol. The van der Waals surface area contributed by atoms with E-state index < -0.39 is 6.04 Å². The summed E-state index contributed by atoms with van der Waals surface area (Å²) in [6.07, 6.45) is 0.0447. The summed E-state index contributed by atoms with van der Waals surface area (Å²) in [5, 5.41) is 8.97. The van der Waals surface area contributed by atoms with Gasteiger partial charge in [-0.25, -0.2) is 0 Å². The van der Waals surface area contributed by atoms with Crippen LogP contribution < -0.4 is 16.0 Å². The molecule has 0 bridgehead atoms. The minimum Gasteiger partial charge on any atom is -0.349 e. The third kappa shape index (κ3) is 6.42. The molecule has 3 aromatic carbocycles. The van der Waals surface area contributed by atoms with Crippen LogP contribution >= 0.6 is 11.6 Å². The quantitative estimate of drug-likeness (QED) is 0.498. The second-order valence-electron chi connectivity index (χ2n) is 6.92. The van der Waals surface area contributed by atoms with Gasteiger partial charge in [-0.3, -0.25) is 14.4 Å². The lowest BCUT2D eigenvalue weighted by atomic mass is 10.0. The average molecular weight is 436 g/mol. The molecule has 0 radical (unpaired) electrons. The molecule has 0 heterocycles. The molecular weight excluding hydrogens is 414 g/mol. The number of carbonyl (C=O) groups is 3. The van der Waals surface area contributed by atoms with Crippen LogP contribution in [-0.2, 0) is 9.59 Å². The van der Waals surface area contributed by atoms with Crippen LogP contribution in [0.25, 0.3) is 0 Å². The number of nitrogens with one attached hydrogen (secondary N) is 3. The topological polar surface area (TPSA) is 87.3 Å². The van der Waals surface area contributed by atoms with Crippen LogP contribution in [0.3, 0.4) is 0 Å². The van der Waals surface area contributed by atoms with Gasteiger partial charge < -0.3 is 16.0 Å². The van der Waals surface area contributed by atoms with Crippen LogP contribution in [0.1, 0.15) is 35.3 Å². The first-order chi connectivity index (χ1) is 14.9. The Hall–Kier alpha value is -3.64. The number of amides is 3. The SMILES string of the molecule is CC(=O)NC(CC(=O)Nc1ccccc1NC(=O)c1ccc(Cl)cc1)c1ccccc1. The van der Waals surface area contributed by atoms with Crippen molar-refractivity contribution in [2.75, 3.05) is 10.6 Å². The summed E-state index contributed by atoms with van der Waals surface area (Å²) in [6.45, 7) is 1.41. The van der Waals surface area contributed by atoms with E-state index in [0.717, 1.165) is 5.56 Å². The maximum Gasteiger partial charge on any atom is 0.255 e. The Kier molecular flexibility index (Phi) is 7.40. The summed E-state index contributed by atoms with van der Waals surface area (Å²) < 4.78 is 0. The minimum absolute atomic E-state index is 0.0447. The third-order valence-electron chi connectivity index (χ3n) is 4.52. The van der Waals surface area contributed by atoms with Gasteiger partial charge in [-0.1, -0.05) is 54.1 Å². The maximum atomic E-state index is 12.7. The molecule has 0 saturated heterocycles. The number of hydrogen-bond acceptors (Lipinski definition) is 3. The van der Waals surface area contributed by atoms with Crippen molar-refractivity contribution >= 4 is 40.7 Å². The summed E-state index contributed by atoms with van der Waals surface area (Å²) in [4.78, 5) is 36.9. The third-order valence-corrected chi connectivity index (χ3v) is 4.78. The Labute approximate surface area is 185 Å². The number of anilines is 2. The summed E-state index contributed by atoms with van der Waals surface area (Å²) in [5.41, 5.74) is 2.20. The normalized spacial score (nSPS) is 11.3. The molecular formula is C24H22ClN3O3. The van der Waals surface area contributed by atoms with E-state index >= 15 is 0 Å². The van der Waals surface area contributed by atoms with Crippen molar-refractivity contribution in [2.45, 2.75) is 19.4 Å². The van der Waals surface area contributed by atoms with E-state index in [1.54, 1.807) is 48.5 Å². The first-order valence-electron chi connectivity index (χ1n) is 9.70. The zero-order chi connectivity index (χ0) is 22.2. The molecule has 0 fully saturated rings. The summed E-state index contributed by atoms with van der Waals surface area (Å²) >= 11 is 5.87. The Morgan fingerprint density at radius 1 is 0.806 bits per heavy atom. The predicted octanol–water partition coefficient (Wildman–Crippen LogP) is 4.80. The summed E-state index contributed by atoms with van der Waals surface area (Å²) in [7, 11) is 0. The average Bonchev–Trinajstić information content (AvgIpc) is 2.75. The molecule has 0 aliphatic carbocycles. The van der Waals surface area contributed by atoms with Crippen molar-refractivity contribution in [1.82, 2.24) is 5.32 Å². The Balaban J connectivity index is 1.71. The van der Waals surface area contributed by atoms with Crippen molar-refractivity contribution in [1.29, 1.82) is 0 Å². The first-order valence-corrected chi connectivity index (χ1v) is 10.1. The molecule has 7 heteroatoms. The zero-order valence-corrected chi connectivity index (χ0v) is 17.6. The second-order valence-corrected chi connectivity index (χ2v) is 7.36. The van der Waals surface area contributed by atoms with E-state index in [1.165, 1.54) is 6.92 Å². The fourth-order valence-corrected chi connectivity index (χ4v) is 3.19. The fraction of sp³-hybridized carbons (Fsp3) is 0.125. The van der Waals surface area contributed by atoms with Gasteiger partial charge in [-0.2, -0.15) is 0 Å². The van der Waals surface area contributed by atoms with E-state index in [0.29, 0.717) is 22.0 Å². The van der Waals surface area contributed by atoms with Crippen LogP contribution in [0.2, 0.25) is 5.02 Å². The second kappa shape index (κ2) is 10.4.